The lowest BCUT2D eigenvalue weighted by Gasteiger charge is -2.22. The molecule has 0 aliphatic carbocycles. The second-order valence-electron chi connectivity index (χ2n) is 5.63. The SMILES string of the molecule is CNC(=O)CNC(=O)CN1C(=O)N[C@](C)(c2cccc(OC)c2)C1=O. The zero-order valence-corrected chi connectivity index (χ0v) is 14.2. The molecular weight excluding hydrogens is 328 g/mol. The summed E-state index contributed by atoms with van der Waals surface area (Å²) in [5.74, 6) is -1.00. The number of amides is 5. The Hall–Kier alpha value is -3.10. The Bertz CT molecular complexity index is 720. The molecule has 1 aliphatic rings. The summed E-state index contributed by atoms with van der Waals surface area (Å²) >= 11 is 0. The highest BCUT2D eigenvalue weighted by molar-refractivity contribution is 6.09. The molecule has 2 rings (SSSR count). The molecule has 0 bridgehead atoms. The van der Waals surface area contributed by atoms with Crippen LogP contribution in [0.2, 0.25) is 0 Å². The number of carbonyl (C=O) groups excluding carboxylic acids is 4. The number of nitrogens with one attached hydrogen (secondary N) is 3. The zero-order valence-electron chi connectivity index (χ0n) is 14.2. The number of ether oxygens (including phenoxy) is 1. The van der Waals surface area contributed by atoms with Gasteiger partial charge in [0.15, 0.2) is 0 Å². The standard InChI is InChI=1S/C16H20N4O5/c1-16(10-5-4-6-11(7-10)25-3)14(23)20(15(24)19-16)9-13(22)18-8-12(21)17-2/h4-7H,8-9H2,1-3H3,(H,17,21)(H,18,22)(H,19,24)/t16-/m1/s1. The Morgan fingerprint density at radius 1 is 1.28 bits per heavy atom. The Morgan fingerprint density at radius 3 is 2.64 bits per heavy atom. The molecule has 3 N–H and O–H groups in total. The number of benzene rings is 1. The van der Waals surface area contributed by atoms with Crippen LogP contribution in [0.5, 0.6) is 5.75 Å². The zero-order chi connectivity index (χ0) is 18.6. The topological polar surface area (TPSA) is 117 Å². The predicted octanol–water partition coefficient (Wildman–Crippen LogP) is -0.676. The van der Waals surface area contributed by atoms with E-state index in [0.29, 0.717) is 11.3 Å². The van der Waals surface area contributed by atoms with Crippen molar-refractivity contribution >= 4 is 23.8 Å². The second-order valence-corrected chi connectivity index (χ2v) is 5.63. The van der Waals surface area contributed by atoms with Crippen LogP contribution in [0.1, 0.15) is 12.5 Å². The first kappa shape index (κ1) is 18.2. The van der Waals surface area contributed by atoms with Crippen molar-refractivity contribution in [1.29, 1.82) is 0 Å². The number of nitrogens with zero attached hydrogens (tertiary/aromatic N) is 1. The maximum Gasteiger partial charge on any atom is 0.325 e. The summed E-state index contributed by atoms with van der Waals surface area (Å²) in [5.41, 5.74) is -0.759. The van der Waals surface area contributed by atoms with Gasteiger partial charge in [-0.3, -0.25) is 19.3 Å². The van der Waals surface area contributed by atoms with Crippen molar-refractivity contribution in [3.8, 4) is 5.75 Å². The third-order valence-corrected chi connectivity index (χ3v) is 3.95. The maximum atomic E-state index is 12.7. The molecule has 9 heteroatoms. The minimum absolute atomic E-state index is 0.230. The third-order valence-electron chi connectivity index (χ3n) is 3.95. The summed E-state index contributed by atoms with van der Waals surface area (Å²) in [6.07, 6.45) is 0. The summed E-state index contributed by atoms with van der Waals surface area (Å²) in [6, 6.07) is 6.09. The van der Waals surface area contributed by atoms with Crippen molar-refractivity contribution < 1.29 is 23.9 Å². The highest BCUT2D eigenvalue weighted by Crippen LogP contribution is 2.30. The molecule has 1 aliphatic heterocycles. The number of imide groups is 1. The number of likely N-dealkylation sites (N-methyl/N-ethyl adjacent to an activating group) is 1. The van der Waals surface area contributed by atoms with E-state index in [-0.39, 0.29) is 12.5 Å². The molecule has 1 fully saturated rings. The second kappa shape index (κ2) is 7.20. The van der Waals surface area contributed by atoms with Gasteiger partial charge in [0.25, 0.3) is 5.91 Å². The molecule has 0 spiro atoms. The highest BCUT2D eigenvalue weighted by Gasteiger charge is 2.49. The molecule has 1 saturated heterocycles. The van der Waals surface area contributed by atoms with E-state index in [4.69, 9.17) is 4.74 Å². The van der Waals surface area contributed by atoms with Crippen LogP contribution in [0, 0.1) is 0 Å². The van der Waals surface area contributed by atoms with E-state index in [0.717, 1.165) is 4.90 Å². The van der Waals surface area contributed by atoms with Crippen molar-refractivity contribution in [2.45, 2.75) is 12.5 Å². The molecule has 0 radical (unpaired) electrons. The first-order valence-electron chi connectivity index (χ1n) is 7.57. The third kappa shape index (κ3) is 3.70. The number of hydrogen-bond donors (Lipinski definition) is 3. The monoisotopic (exact) mass is 348 g/mol. The Kier molecular flexibility index (Phi) is 5.26. The van der Waals surface area contributed by atoms with Crippen LogP contribution in [0.4, 0.5) is 4.79 Å². The molecule has 25 heavy (non-hydrogen) atoms. The van der Waals surface area contributed by atoms with Crippen molar-refractivity contribution in [3.05, 3.63) is 29.8 Å². The van der Waals surface area contributed by atoms with Crippen molar-refractivity contribution in [2.24, 2.45) is 0 Å². The van der Waals surface area contributed by atoms with Crippen LogP contribution in [0.15, 0.2) is 24.3 Å². The molecule has 0 unspecified atom stereocenters. The van der Waals surface area contributed by atoms with Crippen LogP contribution >= 0.6 is 0 Å². The van der Waals surface area contributed by atoms with Gasteiger partial charge in [-0.15, -0.1) is 0 Å². The van der Waals surface area contributed by atoms with Crippen molar-refractivity contribution in [2.75, 3.05) is 27.2 Å². The minimum atomic E-state index is -1.30. The van der Waals surface area contributed by atoms with Crippen molar-refractivity contribution in [3.63, 3.8) is 0 Å². The number of hydrogen-bond acceptors (Lipinski definition) is 5. The molecule has 0 aromatic heterocycles. The number of rotatable bonds is 6. The molecular formula is C16H20N4O5. The molecule has 9 nitrogen and oxygen atoms in total. The van der Waals surface area contributed by atoms with Crippen LogP contribution in [0.3, 0.4) is 0 Å². The van der Waals surface area contributed by atoms with Gasteiger partial charge in [0, 0.05) is 7.05 Å². The normalized spacial score (nSPS) is 19.4. The summed E-state index contributed by atoms with van der Waals surface area (Å²) < 4.78 is 5.14. The summed E-state index contributed by atoms with van der Waals surface area (Å²) in [4.78, 5) is 48.7. The smallest absolute Gasteiger partial charge is 0.325 e. The maximum absolute atomic E-state index is 12.7. The summed E-state index contributed by atoms with van der Waals surface area (Å²) in [6.45, 7) is 0.859. The van der Waals surface area contributed by atoms with Gasteiger partial charge >= 0.3 is 6.03 Å². The lowest BCUT2D eigenvalue weighted by atomic mass is 9.92. The van der Waals surface area contributed by atoms with Gasteiger partial charge in [0.1, 0.15) is 17.8 Å². The minimum Gasteiger partial charge on any atom is -0.497 e. The lowest BCUT2D eigenvalue weighted by Crippen LogP contribution is -2.44. The van der Waals surface area contributed by atoms with E-state index in [1.165, 1.54) is 14.2 Å². The lowest BCUT2D eigenvalue weighted by molar-refractivity contribution is -0.135. The van der Waals surface area contributed by atoms with Gasteiger partial charge in [0.05, 0.1) is 13.7 Å². The average Bonchev–Trinajstić information content (AvgIpc) is 2.83. The first-order valence-corrected chi connectivity index (χ1v) is 7.57. The summed E-state index contributed by atoms with van der Waals surface area (Å²) in [5, 5.41) is 7.30. The molecule has 1 atom stereocenters. The number of carbonyl (C=O) groups is 4. The molecule has 1 heterocycles. The van der Waals surface area contributed by atoms with Gasteiger partial charge in [-0.05, 0) is 24.6 Å². The fourth-order valence-corrected chi connectivity index (χ4v) is 2.44. The van der Waals surface area contributed by atoms with E-state index in [9.17, 15) is 19.2 Å². The van der Waals surface area contributed by atoms with Crippen LogP contribution in [0.25, 0.3) is 0 Å². The van der Waals surface area contributed by atoms with Gasteiger partial charge in [-0.2, -0.15) is 0 Å². The molecule has 134 valence electrons. The molecule has 1 aromatic carbocycles. The number of methoxy groups -OCH3 is 1. The van der Waals surface area contributed by atoms with E-state index in [1.54, 1.807) is 31.2 Å². The molecule has 1 aromatic rings. The van der Waals surface area contributed by atoms with Crippen molar-refractivity contribution in [1.82, 2.24) is 20.9 Å². The predicted molar refractivity (Wildman–Crippen MR) is 87.7 cm³/mol. The highest BCUT2D eigenvalue weighted by atomic mass is 16.5. The fraction of sp³-hybridized carbons (Fsp3) is 0.375. The van der Waals surface area contributed by atoms with Crippen LogP contribution < -0.4 is 20.7 Å². The van der Waals surface area contributed by atoms with E-state index in [2.05, 4.69) is 16.0 Å². The Labute approximate surface area is 144 Å². The molecule has 5 amide bonds. The Morgan fingerprint density at radius 2 is 2.00 bits per heavy atom. The van der Waals surface area contributed by atoms with Crippen LogP contribution in [-0.4, -0.2) is 55.9 Å². The van der Waals surface area contributed by atoms with E-state index >= 15 is 0 Å². The van der Waals surface area contributed by atoms with Gasteiger partial charge in [-0.25, -0.2) is 4.79 Å². The molecule has 0 saturated carbocycles. The first-order chi connectivity index (χ1) is 11.8. The van der Waals surface area contributed by atoms with Gasteiger partial charge in [-0.1, -0.05) is 12.1 Å². The quantitative estimate of drug-likeness (QED) is 0.589. The van der Waals surface area contributed by atoms with E-state index < -0.39 is 29.9 Å². The van der Waals surface area contributed by atoms with Gasteiger partial charge in [0.2, 0.25) is 11.8 Å². The van der Waals surface area contributed by atoms with Gasteiger partial charge < -0.3 is 20.7 Å². The largest absolute Gasteiger partial charge is 0.497 e. The Balaban J connectivity index is 2.13. The van der Waals surface area contributed by atoms with E-state index in [1.807, 2.05) is 0 Å². The number of urea groups is 1. The summed E-state index contributed by atoms with van der Waals surface area (Å²) in [7, 11) is 2.94. The van der Waals surface area contributed by atoms with Crippen LogP contribution in [-0.2, 0) is 19.9 Å². The average molecular weight is 348 g/mol. The fourth-order valence-electron chi connectivity index (χ4n) is 2.44.